The first-order chi connectivity index (χ1) is 13.8. The molecule has 0 unspecified atom stereocenters. The van der Waals surface area contributed by atoms with Crippen LogP contribution in [0.15, 0.2) is 71.7 Å². The van der Waals surface area contributed by atoms with Crippen LogP contribution in [0.2, 0.25) is 0 Å². The van der Waals surface area contributed by atoms with Gasteiger partial charge >= 0.3 is 0 Å². The molecule has 0 fully saturated rings. The van der Waals surface area contributed by atoms with Gasteiger partial charge in [-0.1, -0.05) is 60.7 Å². The van der Waals surface area contributed by atoms with Crippen molar-refractivity contribution in [1.82, 2.24) is 24.4 Å². The normalized spacial score (nSPS) is 11.1. The summed E-state index contributed by atoms with van der Waals surface area (Å²) in [5.74, 6) is 0. The molecule has 0 spiro atoms. The molecule has 3 heterocycles. The summed E-state index contributed by atoms with van der Waals surface area (Å²) >= 11 is 0. The Kier molecular flexibility index (Phi) is 3.56. The summed E-state index contributed by atoms with van der Waals surface area (Å²) in [5, 5.41) is 16.1. The predicted molar refractivity (Wildman–Crippen MR) is 105 cm³/mol. The Labute approximate surface area is 159 Å². The molecular weight excluding hydrogens is 352 g/mol. The topological polar surface area (TPSA) is 91.8 Å². The van der Waals surface area contributed by atoms with Crippen LogP contribution in [0.4, 0.5) is 0 Å². The summed E-state index contributed by atoms with van der Waals surface area (Å²) in [6, 6.07) is 21.7. The van der Waals surface area contributed by atoms with Gasteiger partial charge in [-0.25, -0.2) is 9.73 Å². The van der Waals surface area contributed by atoms with Gasteiger partial charge in [-0.2, -0.15) is 10.2 Å². The van der Waals surface area contributed by atoms with E-state index >= 15 is 0 Å². The van der Waals surface area contributed by atoms with E-state index < -0.39 is 0 Å². The van der Waals surface area contributed by atoms with E-state index in [4.69, 9.17) is 0 Å². The van der Waals surface area contributed by atoms with Crippen molar-refractivity contribution in [1.29, 1.82) is 5.26 Å². The maximum atomic E-state index is 12.9. The molecule has 5 aromatic rings. The molecule has 0 aliphatic heterocycles. The van der Waals surface area contributed by atoms with Gasteiger partial charge in [0.15, 0.2) is 5.65 Å². The highest BCUT2D eigenvalue weighted by molar-refractivity contribution is 5.94. The monoisotopic (exact) mass is 366 g/mol. The number of nitriles is 1. The van der Waals surface area contributed by atoms with E-state index in [9.17, 15) is 10.1 Å². The van der Waals surface area contributed by atoms with Gasteiger partial charge in [-0.15, -0.1) is 5.10 Å². The van der Waals surface area contributed by atoms with Gasteiger partial charge in [0.05, 0.1) is 0 Å². The van der Waals surface area contributed by atoms with Crippen LogP contribution in [0.25, 0.3) is 27.8 Å². The van der Waals surface area contributed by atoms with Crippen LogP contribution >= 0.6 is 0 Å². The van der Waals surface area contributed by atoms with Gasteiger partial charge in [0.2, 0.25) is 5.69 Å². The third kappa shape index (κ3) is 2.40. The van der Waals surface area contributed by atoms with Crippen LogP contribution in [-0.2, 0) is 6.54 Å². The zero-order valence-electron chi connectivity index (χ0n) is 14.7. The van der Waals surface area contributed by atoms with Crippen LogP contribution in [-0.4, -0.2) is 24.4 Å². The van der Waals surface area contributed by atoms with Crippen LogP contribution in [0.3, 0.4) is 0 Å². The van der Waals surface area contributed by atoms with Crippen LogP contribution < -0.4 is 5.56 Å². The summed E-state index contributed by atoms with van der Waals surface area (Å²) in [6.07, 6.45) is 1.95. The van der Waals surface area contributed by atoms with E-state index in [-0.39, 0.29) is 16.9 Å². The first-order valence-corrected chi connectivity index (χ1v) is 8.75. The molecule has 0 aliphatic carbocycles. The third-order valence-corrected chi connectivity index (χ3v) is 4.76. The van der Waals surface area contributed by atoms with E-state index in [1.807, 2.05) is 77.5 Å². The van der Waals surface area contributed by atoms with Gasteiger partial charge in [0.1, 0.15) is 17.1 Å². The second-order valence-corrected chi connectivity index (χ2v) is 6.47. The van der Waals surface area contributed by atoms with Crippen molar-refractivity contribution < 1.29 is 0 Å². The average molecular weight is 366 g/mol. The fraction of sp³-hybridized carbons (Fsp3) is 0.0476. The minimum absolute atomic E-state index is 0.0915. The lowest BCUT2D eigenvalue weighted by atomic mass is 10.1. The molecule has 0 bridgehead atoms. The van der Waals surface area contributed by atoms with E-state index in [0.29, 0.717) is 17.6 Å². The molecule has 7 nitrogen and oxygen atoms in total. The number of H-pyrrole nitrogens is 1. The fourth-order valence-corrected chi connectivity index (χ4v) is 3.52. The minimum atomic E-state index is -0.383. The Morgan fingerprint density at radius 3 is 2.43 bits per heavy atom. The van der Waals surface area contributed by atoms with Gasteiger partial charge in [-0.05, 0) is 11.1 Å². The minimum Gasteiger partial charge on any atom is -0.337 e. The Hall–Kier alpha value is -4.18. The van der Waals surface area contributed by atoms with Crippen molar-refractivity contribution in [3.05, 3.63) is 88.5 Å². The molecule has 1 N–H and O–H groups in total. The first-order valence-electron chi connectivity index (χ1n) is 8.75. The number of aromatic amines is 1. The smallest absolute Gasteiger partial charge is 0.298 e. The van der Waals surface area contributed by atoms with E-state index in [1.54, 1.807) is 4.52 Å². The molecule has 28 heavy (non-hydrogen) atoms. The molecule has 0 amide bonds. The van der Waals surface area contributed by atoms with E-state index in [0.717, 1.165) is 16.7 Å². The zero-order valence-corrected chi connectivity index (χ0v) is 14.7. The number of nitrogens with one attached hydrogen (secondary N) is 1. The fourth-order valence-electron chi connectivity index (χ4n) is 3.52. The number of nitrogens with zero attached hydrogens (tertiary/aromatic N) is 5. The summed E-state index contributed by atoms with van der Waals surface area (Å²) in [5.41, 5.74) is 3.97. The highest BCUT2D eigenvalue weighted by atomic mass is 16.1. The Morgan fingerprint density at radius 1 is 1.00 bits per heavy atom. The lowest BCUT2D eigenvalue weighted by Gasteiger charge is -2.04. The lowest BCUT2D eigenvalue weighted by Crippen LogP contribution is -2.14. The third-order valence-electron chi connectivity index (χ3n) is 4.76. The number of rotatable bonds is 3. The average Bonchev–Trinajstić information content (AvgIpc) is 3.31. The van der Waals surface area contributed by atoms with E-state index in [2.05, 4.69) is 15.3 Å². The van der Waals surface area contributed by atoms with Crippen molar-refractivity contribution in [2.24, 2.45) is 0 Å². The number of aromatic nitrogens is 5. The second-order valence-electron chi connectivity index (χ2n) is 6.47. The highest BCUT2D eigenvalue weighted by Crippen LogP contribution is 2.29. The Bertz CT molecular complexity index is 1400. The lowest BCUT2D eigenvalue weighted by molar-refractivity contribution is 0.825. The van der Waals surface area contributed by atoms with Crippen molar-refractivity contribution in [2.75, 3.05) is 0 Å². The van der Waals surface area contributed by atoms with Crippen molar-refractivity contribution >= 4 is 16.7 Å². The molecule has 0 atom stereocenters. The number of benzene rings is 2. The first kappa shape index (κ1) is 16.0. The van der Waals surface area contributed by atoms with Crippen LogP contribution in [0.5, 0.6) is 0 Å². The van der Waals surface area contributed by atoms with Crippen molar-refractivity contribution in [3.8, 4) is 17.2 Å². The standard InChI is InChI=1S/C21H14N6O/c22-11-17-20-23-21(28)19-18(27(20)25-24-17)16(15-9-5-2-6-10-15)13-26(19)12-14-7-3-1-4-8-14/h1-10,13,25H,12H2. The molecule has 0 saturated heterocycles. The van der Waals surface area contributed by atoms with Gasteiger partial charge in [0, 0.05) is 18.3 Å². The van der Waals surface area contributed by atoms with E-state index in [1.165, 1.54) is 0 Å². The molecule has 0 radical (unpaired) electrons. The van der Waals surface area contributed by atoms with Crippen molar-refractivity contribution in [2.45, 2.75) is 6.54 Å². The molecule has 3 aromatic heterocycles. The van der Waals surface area contributed by atoms with Crippen molar-refractivity contribution in [3.63, 3.8) is 0 Å². The quantitative estimate of drug-likeness (QED) is 0.531. The van der Waals surface area contributed by atoms with Crippen LogP contribution in [0.1, 0.15) is 11.3 Å². The summed E-state index contributed by atoms with van der Waals surface area (Å²) in [7, 11) is 0. The number of hydrogen-bond acceptors (Lipinski definition) is 4. The zero-order chi connectivity index (χ0) is 19.1. The summed E-state index contributed by atoms with van der Waals surface area (Å²) < 4.78 is 3.51. The maximum absolute atomic E-state index is 12.9. The van der Waals surface area contributed by atoms with Gasteiger partial charge in [0.25, 0.3) is 5.56 Å². The largest absolute Gasteiger partial charge is 0.337 e. The maximum Gasteiger partial charge on any atom is 0.298 e. The number of fused-ring (bicyclic) bond motifs is 3. The van der Waals surface area contributed by atoms with Gasteiger partial charge in [-0.3, -0.25) is 4.79 Å². The predicted octanol–water partition coefficient (Wildman–Crippen LogP) is 2.96. The summed E-state index contributed by atoms with van der Waals surface area (Å²) in [6.45, 7) is 0.534. The summed E-state index contributed by atoms with van der Waals surface area (Å²) in [4.78, 5) is 17.0. The molecule has 2 aromatic carbocycles. The Balaban J connectivity index is 1.87. The molecule has 7 heteroatoms. The molecular formula is C21H14N6O. The van der Waals surface area contributed by atoms with Crippen LogP contribution in [0, 0.1) is 11.3 Å². The SMILES string of the molecule is N#Cc1n[nH]n2c1nc(=O)c1c2c(-c2ccccc2)cn1Cc1ccccc1. The molecule has 134 valence electrons. The molecule has 5 rings (SSSR count). The Morgan fingerprint density at radius 2 is 1.71 bits per heavy atom. The van der Waals surface area contributed by atoms with Gasteiger partial charge < -0.3 is 4.57 Å². The molecule has 0 aliphatic rings. The number of hydrogen-bond donors (Lipinski definition) is 1. The second kappa shape index (κ2) is 6.21. The molecule has 0 saturated carbocycles. The highest BCUT2D eigenvalue weighted by Gasteiger charge is 2.20.